The van der Waals surface area contributed by atoms with Crippen molar-refractivity contribution in [3.05, 3.63) is 117 Å². The standard InChI is InChI=1S/C30H24O2/c1-17-5-11-21(12-6-17)23-15-16-24(22-13-7-18(2)8-14-22)28-27(23)29(31)25-19(3)9-10-20(4)26(25)30(28)32/h5-16H,1-4H3. The summed E-state index contributed by atoms with van der Waals surface area (Å²) in [5.41, 5.74) is 9.58. The molecule has 0 amide bonds. The average molecular weight is 417 g/mol. The molecule has 0 bridgehead atoms. The third-order valence-corrected chi connectivity index (χ3v) is 6.46. The average Bonchev–Trinajstić information content (AvgIpc) is 2.79. The Balaban J connectivity index is 1.87. The lowest BCUT2D eigenvalue weighted by atomic mass is 9.75. The van der Waals surface area contributed by atoms with E-state index in [1.54, 1.807) is 0 Å². The second-order valence-corrected chi connectivity index (χ2v) is 8.75. The number of benzene rings is 4. The smallest absolute Gasteiger partial charge is 0.195 e. The fourth-order valence-electron chi connectivity index (χ4n) is 4.67. The summed E-state index contributed by atoms with van der Waals surface area (Å²) in [4.78, 5) is 27.9. The molecule has 4 aromatic carbocycles. The number of fused-ring (bicyclic) bond motifs is 2. The van der Waals surface area contributed by atoms with Gasteiger partial charge in [0.25, 0.3) is 0 Å². The molecule has 0 saturated heterocycles. The van der Waals surface area contributed by atoms with Crippen molar-refractivity contribution in [1.82, 2.24) is 0 Å². The van der Waals surface area contributed by atoms with Gasteiger partial charge in [-0.1, -0.05) is 83.9 Å². The third-order valence-electron chi connectivity index (χ3n) is 6.46. The topological polar surface area (TPSA) is 34.1 Å². The summed E-state index contributed by atoms with van der Waals surface area (Å²) in [7, 11) is 0. The van der Waals surface area contributed by atoms with Crippen LogP contribution in [0.3, 0.4) is 0 Å². The first kappa shape index (κ1) is 20.1. The Morgan fingerprint density at radius 3 is 1.09 bits per heavy atom. The van der Waals surface area contributed by atoms with Gasteiger partial charge in [-0.25, -0.2) is 0 Å². The minimum atomic E-state index is -0.0691. The number of aryl methyl sites for hydroxylation is 4. The van der Waals surface area contributed by atoms with Crippen LogP contribution in [-0.4, -0.2) is 11.6 Å². The lowest BCUT2D eigenvalue weighted by Crippen LogP contribution is -2.25. The van der Waals surface area contributed by atoms with Gasteiger partial charge in [0, 0.05) is 22.3 Å². The molecule has 1 aliphatic rings. The number of carbonyl (C=O) groups excluding carboxylic acids is 2. The van der Waals surface area contributed by atoms with E-state index < -0.39 is 0 Å². The predicted octanol–water partition coefficient (Wildman–Crippen LogP) is 7.03. The van der Waals surface area contributed by atoms with E-state index in [1.165, 1.54) is 0 Å². The van der Waals surface area contributed by atoms with Crippen molar-refractivity contribution < 1.29 is 9.59 Å². The molecule has 5 rings (SSSR count). The summed E-state index contributed by atoms with van der Waals surface area (Å²) in [6.45, 7) is 7.89. The molecule has 0 unspecified atom stereocenters. The lowest BCUT2D eigenvalue weighted by molar-refractivity contribution is 0.0979. The molecular weight excluding hydrogens is 392 g/mol. The van der Waals surface area contributed by atoms with Crippen molar-refractivity contribution in [2.45, 2.75) is 27.7 Å². The minimum absolute atomic E-state index is 0.0691. The van der Waals surface area contributed by atoms with Gasteiger partial charge in [-0.15, -0.1) is 0 Å². The van der Waals surface area contributed by atoms with Gasteiger partial charge >= 0.3 is 0 Å². The molecule has 0 aliphatic heterocycles. The van der Waals surface area contributed by atoms with Gasteiger partial charge in [-0.2, -0.15) is 0 Å². The molecule has 32 heavy (non-hydrogen) atoms. The van der Waals surface area contributed by atoms with Gasteiger partial charge in [0.1, 0.15) is 0 Å². The van der Waals surface area contributed by atoms with E-state index in [-0.39, 0.29) is 11.6 Å². The second kappa shape index (κ2) is 7.42. The zero-order valence-electron chi connectivity index (χ0n) is 18.7. The monoisotopic (exact) mass is 416 g/mol. The first-order valence-electron chi connectivity index (χ1n) is 10.9. The van der Waals surface area contributed by atoms with E-state index >= 15 is 0 Å². The number of hydrogen-bond donors (Lipinski definition) is 0. The van der Waals surface area contributed by atoms with Crippen molar-refractivity contribution in [2.24, 2.45) is 0 Å². The second-order valence-electron chi connectivity index (χ2n) is 8.75. The first-order valence-corrected chi connectivity index (χ1v) is 10.9. The number of ketones is 2. The van der Waals surface area contributed by atoms with Crippen LogP contribution in [-0.2, 0) is 0 Å². The van der Waals surface area contributed by atoms with Crippen LogP contribution in [0.4, 0.5) is 0 Å². The van der Waals surface area contributed by atoms with Crippen molar-refractivity contribution in [2.75, 3.05) is 0 Å². The zero-order chi connectivity index (χ0) is 22.6. The van der Waals surface area contributed by atoms with Crippen molar-refractivity contribution >= 4 is 11.6 Å². The Morgan fingerprint density at radius 2 is 0.750 bits per heavy atom. The summed E-state index contributed by atoms with van der Waals surface area (Å²) in [5.74, 6) is -0.138. The van der Waals surface area contributed by atoms with Gasteiger partial charge in [0.05, 0.1) is 0 Å². The van der Waals surface area contributed by atoms with Gasteiger partial charge in [-0.3, -0.25) is 9.59 Å². The summed E-state index contributed by atoms with van der Waals surface area (Å²) >= 11 is 0. The van der Waals surface area contributed by atoms with E-state index in [1.807, 2.05) is 100 Å². The van der Waals surface area contributed by atoms with Crippen molar-refractivity contribution in [3.8, 4) is 22.3 Å². The van der Waals surface area contributed by atoms with Crippen LogP contribution in [0.15, 0.2) is 72.8 Å². The lowest BCUT2D eigenvalue weighted by Gasteiger charge is -2.25. The molecule has 4 aromatic rings. The number of rotatable bonds is 2. The van der Waals surface area contributed by atoms with Crippen LogP contribution < -0.4 is 0 Å². The van der Waals surface area contributed by atoms with Crippen molar-refractivity contribution in [3.63, 3.8) is 0 Å². The highest BCUT2D eigenvalue weighted by atomic mass is 16.1. The van der Waals surface area contributed by atoms with E-state index in [0.717, 1.165) is 44.5 Å². The zero-order valence-corrected chi connectivity index (χ0v) is 18.7. The highest BCUT2D eigenvalue weighted by molar-refractivity contribution is 6.33. The maximum atomic E-state index is 14.0. The Morgan fingerprint density at radius 1 is 0.406 bits per heavy atom. The Labute approximate surface area is 188 Å². The van der Waals surface area contributed by atoms with Crippen molar-refractivity contribution in [1.29, 1.82) is 0 Å². The molecule has 156 valence electrons. The maximum absolute atomic E-state index is 14.0. The molecule has 0 aromatic heterocycles. The third kappa shape index (κ3) is 3.03. The molecular formula is C30H24O2. The SMILES string of the molecule is Cc1ccc(-c2ccc(-c3ccc(C)cc3)c3c2C(=O)c2c(C)ccc(C)c2C3=O)cc1. The van der Waals surface area contributed by atoms with E-state index in [4.69, 9.17) is 0 Å². The van der Waals surface area contributed by atoms with Gasteiger partial charge < -0.3 is 0 Å². The Hall–Kier alpha value is -3.78. The molecule has 2 heteroatoms. The minimum Gasteiger partial charge on any atom is -0.289 e. The van der Waals surface area contributed by atoms with Gasteiger partial charge in [-0.05, 0) is 61.1 Å². The number of hydrogen-bond acceptors (Lipinski definition) is 2. The van der Waals surface area contributed by atoms with Crippen LogP contribution in [0.5, 0.6) is 0 Å². The molecule has 0 atom stereocenters. The summed E-state index contributed by atoms with van der Waals surface area (Å²) in [5, 5.41) is 0. The highest BCUT2D eigenvalue weighted by Gasteiger charge is 2.36. The van der Waals surface area contributed by atoms with Gasteiger partial charge in [0.2, 0.25) is 0 Å². The van der Waals surface area contributed by atoms with E-state index in [2.05, 4.69) is 0 Å². The molecule has 0 N–H and O–H groups in total. The summed E-state index contributed by atoms with van der Waals surface area (Å²) in [6, 6.07) is 24.1. The largest absolute Gasteiger partial charge is 0.289 e. The van der Waals surface area contributed by atoms with Crippen LogP contribution in [0.1, 0.15) is 54.1 Å². The fourth-order valence-corrected chi connectivity index (χ4v) is 4.67. The highest BCUT2D eigenvalue weighted by Crippen LogP contribution is 2.41. The fraction of sp³-hybridized carbons (Fsp3) is 0.133. The van der Waals surface area contributed by atoms with E-state index in [9.17, 15) is 9.59 Å². The molecule has 2 nitrogen and oxygen atoms in total. The normalized spacial score (nSPS) is 12.5. The predicted molar refractivity (Wildman–Crippen MR) is 130 cm³/mol. The number of carbonyl (C=O) groups is 2. The molecule has 1 aliphatic carbocycles. The quantitative estimate of drug-likeness (QED) is 0.310. The summed E-state index contributed by atoms with van der Waals surface area (Å²) < 4.78 is 0. The Kier molecular flexibility index (Phi) is 4.67. The maximum Gasteiger partial charge on any atom is 0.195 e. The molecule has 0 fully saturated rings. The molecule has 0 saturated carbocycles. The van der Waals surface area contributed by atoms with Crippen LogP contribution in [0, 0.1) is 27.7 Å². The Bertz CT molecular complexity index is 1300. The van der Waals surface area contributed by atoms with E-state index in [0.29, 0.717) is 22.3 Å². The molecule has 0 radical (unpaired) electrons. The summed E-state index contributed by atoms with van der Waals surface area (Å²) in [6.07, 6.45) is 0. The van der Waals surface area contributed by atoms with Crippen LogP contribution in [0.2, 0.25) is 0 Å². The van der Waals surface area contributed by atoms with Crippen LogP contribution in [0.25, 0.3) is 22.3 Å². The van der Waals surface area contributed by atoms with Crippen LogP contribution >= 0.6 is 0 Å². The van der Waals surface area contributed by atoms with Gasteiger partial charge in [0.15, 0.2) is 11.6 Å². The molecule has 0 heterocycles. The molecule has 0 spiro atoms. The first-order chi connectivity index (χ1) is 15.4.